The molecule has 72 valence electrons. The highest BCUT2D eigenvalue weighted by Gasteiger charge is 2.03. The van der Waals surface area contributed by atoms with Gasteiger partial charge in [-0.3, -0.25) is 0 Å². The molecular weight excluding hydrogens is 253 g/mol. The Hall–Kier alpha value is -0.0900. The highest BCUT2D eigenvalue weighted by atomic mass is 79.9. The zero-order valence-corrected chi connectivity index (χ0v) is 9.87. The minimum Gasteiger partial charge on any atom is -0.305 e. The van der Waals surface area contributed by atoms with E-state index >= 15 is 0 Å². The smallest absolute Gasteiger partial charge is 0.0572 e. The van der Waals surface area contributed by atoms with Crippen LogP contribution in [0.3, 0.4) is 0 Å². The van der Waals surface area contributed by atoms with Crippen molar-refractivity contribution >= 4 is 27.5 Å². The molecule has 0 atom stereocenters. The van der Waals surface area contributed by atoms with Crippen molar-refractivity contribution in [3.05, 3.63) is 32.8 Å². The second-order valence-electron chi connectivity index (χ2n) is 2.70. The van der Waals surface area contributed by atoms with Crippen LogP contribution in [-0.2, 0) is 11.4 Å². The third kappa shape index (κ3) is 2.95. The molecule has 0 spiro atoms. The van der Waals surface area contributed by atoms with Gasteiger partial charge in [0, 0.05) is 16.0 Å². The average Bonchev–Trinajstić information content (AvgIpc) is 2.09. The lowest BCUT2D eigenvalue weighted by Gasteiger charge is -2.08. The Balaban J connectivity index is 2.92. The van der Waals surface area contributed by atoms with Crippen molar-refractivity contribution in [1.29, 1.82) is 0 Å². The molecule has 0 bridgehead atoms. The molecule has 0 saturated heterocycles. The first-order valence-corrected chi connectivity index (χ1v) is 5.02. The van der Waals surface area contributed by atoms with E-state index in [0.717, 1.165) is 20.6 Å². The Bertz CT molecular complexity index is 304. The summed E-state index contributed by atoms with van der Waals surface area (Å²) in [5, 5.41) is 0.766. The zero-order valence-electron chi connectivity index (χ0n) is 7.53. The Kier molecular flexibility index (Phi) is 4.19. The molecule has 0 aliphatic heterocycles. The standard InChI is InChI=1S/C9H11BrClNO/c1-6-7(5-12-13-2)3-8(10)4-9(6)11/h3-4,12H,5H2,1-2H3. The summed E-state index contributed by atoms with van der Waals surface area (Å²) in [5.74, 6) is 0. The maximum atomic E-state index is 6.00. The molecule has 1 rings (SSSR count). The van der Waals surface area contributed by atoms with Crippen molar-refractivity contribution < 1.29 is 4.84 Å². The van der Waals surface area contributed by atoms with E-state index in [0.29, 0.717) is 6.54 Å². The average molecular weight is 265 g/mol. The fourth-order valence-corrected chi connectivity index (χ4v) is 1.91. The number of hydrogen-bond acceptors (Lipinski definition) is 2. The Labute approximate surface area is 91.3 Å². The van der Waals surface area contributed by atoms with Gasteiger partial charge >= 0.3 is 0 Å². The largest absolute Gasteiger partial charge is 0.305 e. The molecule has 0 aliphatic carbocycles. The van der Waals surface area contributed by atoms with Crippen molar-refractivity contribution in [3.63, 3.8) is 0 Å². The van der Waals surface area contributed by atoms with Gasteiger partial charge in [-0.15, -0.1) is 0 Å². The summed E-state index contributed by atoms with van der Waals surface area (Å²) in [4.78, 5) is 4.77. The molecule has 1 N–H and O–H groups in total. The lowest BCUT2D eigenvalue weighted by atomic mass is 10.1. The van der Waals surface area contributed by atoms with E-state index in [4.69, 9.17) is 16.4 Å². The fraction of sp³-hybridized carbons (Fsp3) is 0.333. The van der Waals surface area contributed by atoms with E-state index in [1.807, 2.05) is 19.1 Å². The second-order valence-corrected chi connectivity index (χ2v) is 4.02. The zero-order chi connectivity index (χ0) is 9.84. The Morgan fingerprint density at radius 1 is 1.54 bits per heavy atom. The molecule has 0 aromatic heterocycles. The molecular formula is C9H11BrClNO. The molecule has 0 saturated carbocycles. The molecule has 1 aromatic rings. The summed E-state index contributed by atoms with van der Waals surface area (Å²) in [7, 11) is 1.59. The van der Waals surface area contributed by atoms with Crippen LogP contribution in [0.1, 0.15) is 11.1 Å². The summed E-state index contributed by atoms with van der Waals surface area (Å²) in [6.45, 7) is 2.64. The molecule has 4 heteroatoms. The molecule has 0 amide bonds. The van der Waals surface area contributed by atoms with Crippen LogP contribution in [-0.4, -0.2) is 7.11 Å². The van der Waals surface area contributed by atoms with E-state index in [1.165, 1.54) is 0 Å². The van der Waals surface area contributed by atoms with Crippen LogP contribution >= 0.6 is 27.5 Å². The van der Waals surface area contributed by atoms with Gasteiger partial charge in [0.15, 0.2) is 0 Å². The molecule has 0 heterocycles. The maximum absolute atomic E-state index is 6.00. The predicted octanol–water partition coefficient (Wildman–Crippen LogP) is 3.06. The fourth-order valence-electron chi connectivity index (χ4n) is 1.03. The third-order valence-electron chi connectivity index (χ3n) is 1.82. The van der Waals surface area contributed by atoms with Gasteiger partial charge in [-0.25, -0.2) is 0 Å². The van der Waals surface area contributed by atoms with E-state index in [-0.39, 0.29) is 0 Å². The number of nitrogens with one attached hydrogen (secondary N) is 1. The van der Waals surface area contributed by atoms with Gasteiger partial charge in [0.25, 0.3) is 0 Å². The van der Waals surface area contributed by atoms with Crippen molar-refractivity contribution in [2.75, 3.05) is 7.11 Å². The lowest BCUT2D eigenvalue weighted by Crippen LogP contribution is -2.11. The van der Waals surface area contributed by atoms with Crippen LogP contribution in [0.5, 0.6) is 0 Å². The minimum atomic E-state index is 0.654. The first-order chi connectivity index (χ1) is 6.15. The summed E-state index contributed by atoms with van der Waals surface area (Å²) in [6.07, 6.45) is 0. The number of rotatable bonds is 3. The Morgan fingerprint density at radius 2 is 2.23 bits per heavy atom. The molecule has 0 aliphatic rings. The number of hydrogen-bond donors (Lipinski definition) is 1. The third-order valence-corrected chi connectivity index (χ3v) is 2.67. The molecule has 0 radical (unpaired) electrons. The van der Waals surface area contributed by atoms with Crippen LogP contribution in [0.25, 0.3) is 0 Å². The van der Waals surface area contributed by atoms with Gasteiger partial charge < -0.3 is 4.84 Å². The molecule has 0 unspecified atom stereocenters. The van der Waals surface area contributed by atoms with Crippen LogP contribution < -0.4 is 5.48 Å². The normalized spacial score (nSPS) is 10.5. The Morgan fingerprint density at radius 3 is 2.85 bits per heavy atom. The summed E-state index contributed by atoms with van der Waals surface area (Å²) in [6, 6.07) is 3.90. The molecule has 1 aromatic carbocycles. The maximum Gasteiger partial charge on any atom is 0.0572 e. The topological polar surface area (TPSA) is 21.3 Å². The number of hydroxylamine groups is 1. The molecule has 2 nitrogen and oxygen atoms in total. The van der Waals surface area contributed by atoms with E-state index in [2.05, 4.69) is 21.4 Å². The first kappa shape index (κ1) is 11.0. The van der Waals surface area contributed by atoms with Crippen molar-refractivity contribution in [1.82, 2.24) is 5.48 Å². The van der Waals surface area contributed by atoms with E-state index in [1.54, 1.807) is 7.11 Å². The number of benzene rings is 1. The van der Waals surface area contributed by atoms with Crippen LogP contribution in [0.4, 0.5) is 0 Å². The highest BCUT2D eigenvalue weighted by molar-refractivity contribution is 9.10. The first-order valence-electron chi connectivity index (χ1n) is 3.85. The van der Waals surface area contributed by atoms with Gasteiger partial charge in [-0.05, 0) is 30.2 Å². The SMILES string of the molecule is CONCc1cc(Br)cc(Cl)c1C. The lowest BCUT2D eigenvalue weighted by molar-refractivity contribution is 0.0866. The van der Waals surface area contributed by atoms with E-state index < -0.39 is 0 Å². The number of halogens is 2. The summed E-state index contributed by atoms with van der Waals surface area (Å²) >= 11 is 9.39. The van der Waals surface area contributed by atoms with Gasteiger partial charge in [-0.2, -0.15) is 5.48 Å². The van der Waals surface area contributed by atoms with Crippen molar-refractivity contribution in [3.8, 4) is 0 Å². The summed E-state index contributed by atoms with van der Waals surface area (Å²) in [5.41, 5.74) is 4.98. The van der Waals surface area contributed by atoms with Gasteiger partial charge in [-0.1, -0.05) is 27.5 Å². The van der Waals surface area contributed by atoms with Gasteiger partial charge in [0.05, 0.1) is 7.11 Å². The molecule has 0 fully saturated rings. The second kappa shape index (κ2) is 4.96. The summed E-state index contributed by atoms with van der Waals surface area (Å²) < 4.78 is 0.982. The minimum absolute atomic E-state index is 0.654. The van der Waals surface area contributed by atoms with Crippen molar-refractivity contribution in [2.45, 2.75) is 13.5 Å². The van der Waals surface area contributed by atoms with E-state index in [9.17, 15) is 0 Å². The van der Waals surface area contributed by atoms with Crippen LogP contribution in [0, 0.1) is 6.92 Å². The highest BCUT2D eigenvalue weighted by Crippen LogP contribution is 2.24. The van der Waals surface area contributed by atoms with Gasteiger partial charge in [0.2, 0.25) is 0 Å². The van der Waals surface area contributed by atoms with Crippen LogP contribution in [0.15, 0.2) is 16.6 Å². The quantitative estimate of drug-likeness (QED) is 0.847. The van der Waals surface area contributed by atoms with Gasteiger partial charge in [0.1, 0.15) is 0 Å². The monoisotopic (exact) mass is 263 g/mol. The molecule has 13 heavy (non-hydrogen) atoms. The van der Waals surface area contributed by atoms with Crippen LogP contribution in [0.2, 0.25) is 5.02 Å². The predicted molar refractivity (Wildman–Crippen MR) is 57.7 cm³/mol. The van der Waals surface area contributed by atoms with Crippen molar-refractivity contribution in [2.24, 2.45) is 0 Å².